The Bertz CT molecular complexity index is 1480. The lowest BCUT2D eigenvalue weighted by Gasteiger charge is -2.28. The smallest absolute Gasteiger partial charge is 0.337 e. The molecule has 4 unspecified atom stereocenters. The number of aromatic nitrogens is 1. The highest BCUT2D eigenvalue weighted by atomic mass is 16.5. The first kappa shape index (κ1) is 21.3. The van der Waals surface area contributed by atoms with Crippen LogP contribution < -0.4 is 0 Å². The highest BCUT2D eigenvalue weighted by molar-refractivity contribution is 6.09. The summed E-state index contributed by atoms with van der Waals surface area (Å²) >= 11 is 0. The second-order valence-corrected chi connectivity index (χ2v) is 10.8. The Morgan fingerprint density at radius 2 is 1.65 bits per heavy atom. The Morgan fingerprint density at radius 1 is 0.971 bits per heavy atom. The lowest BCUT2D eigenvalue weighted by Crippen LogP contribution is -2.28. The van der Waals surface area contributed by atoms with Crippen molar-refractivity contribution in [2.45, 2.75) is 58.2 Å². The summed E-state index contributed by atoms with van der Waals surface area (Å²) in [6, 6.07) is 19.1. The van der Waals surface area contributed by atoms with Crippen molar-refractivity contribution in [1.29, 1.82) is 0 Å². The molecule has 3 aromatic carbocycles. The van der Waals surface area contributed by atoms with Gasteiger partial charge in [0, 0.05) is 16.6 Å². The first-order chi connectivity index (χ1) is 16.2. The minimum Gasteiger partial charge on any atom is -0.479 e. The van der Waals surface area contributed by atoms with Crippen molar-refractivity contribution in [2.24, 2.45) is 5.92 Å². The molecule has 4 heteroatoms. The van der Waals surface area contributed by atoms with Gasteiger partial charge >= 0.3 is 5.97 Å². The third kappa shape index (κ3) is 3.01. The normalized spacial score (nSPS) is 21.6. The van der Waals surface area contributed by atoms with Gasteiger partial charge in [-0.3, -0.25) is 4.98 Å². The van der Waals surface area contributed by atoms with Crippen LogP contribution in [0, 0.1) is 12.8 Å². The van der Waals surface area contributed by atoms with Crippen molar-refractivity contribution in [3.8, 4) is 11.1 Å². The van der Waals surface area contributed by atoms with Crippen molar-refractivity contribution in [3.63, 3.8) is 0 Å². The van der Waals surface area contributed by atoms with E-state index >= 15 is 0 Å². The lowest BCUT2D eigenvalue weighted by molar-refractivity contribution is -0.160. The number of pyridine rings is 1. The number of ether oxygens (including phenoxy) is 1. The summed E-state index contributed by atoms with van der Waals surface area (Å²) in [6.45, 7) is 9.89. The molecule has 1 fully saturated rings. The van der Waals surface area contributed by atoms with Gasteiger partial charge in [-0.1, -0.05) is 55.5 Å². The molecule has 0 aliphatic heterocycles. The van der Waals surface area contributed by atoms with Crippen molar-refractivity contribution >= 4 is 27.6 Å². The van der Waals surface area contributed by atoms with Crippen LogP contribution in [0.15, 0.2) is 54.6 Å². The molecule has 0 spiro atoms. The van der Waals surface area contributed by atoms with Crippen LogP contribution >= 0.6 is 0 Å². The fourth-order valence-electron chi connectivity index (χ4n) is 6.20. The number of rotatable bonds is 4. The minimum atomic E-state index is -1.12. The number of aliphatic carboxylic acids is 1. The van der Waals surface area contributed by atoms with Crippen LogP contribution in [0.1, 0.15) is 68.0 Å². The zero-order valence-electron chi connectivity index (χ0n) is 20.2. The molecule has 4 aromatic rings. The molecular formula is C30H29NO3. The number of hydrogen-bond donors (Lipinski definition) is 1. The van der Waals surface area contributed by atoms with Gasteiger partial charge in [-0.25, -0.2) is 4.79 Å². The Labute approximate surface area is 199 Å². The number of para-hydroxylation sites is 1. The van der Waals surface area contributed by atoms with E-state index in [0.29, 0.717) is 29.0 Å². The number of carboxylic acids is 1. The van der Waals surface area contributed by atoms with E-state index in [9.17, 15) is 9.90 Å². The molecule has 4 nitrogen and oxygen atoms in total. The van der Waals surface area contributed by atoms with E-state index in [-0.39, 0.29) is 0 Å². The zero-order chi connectivity index (χ0) is 23.9. The first-order valence-corrected chi connectivity index (χ1v) is 12.0. The highest BCUT2D eigenvalue weighted by Crippen LogP contribution is 2.67. The number of nitrogens with zero attached hydrogens (tertiary/aromatic N) is 1. The number of carboxylic acid groups (broad SMARTS) is 1. The number of aryl methyl sites for hydroxylation is 1. The van der Waals surface area contributed by atoms with Crippen LogP contribution in [0.5, 0.6) is 0 Å². The summed E-state index contributed by atoms with van der Waals surface area (Å²) < 4.78 is 6.15. The van der Waals surface area contributed by atoms with E-state index in [1.165, 1.54) is 21.9 Å². The maximum atomic E-state index is 12.6. The standard InChI is InChI=1S/C30H29NO3/c1-15-23-20-11-8-10-17-18(13-14-21(24(15)23)26(17)20)27-19-9-6-7-12-22(19)31-16(2)25(27)28(29(32)33)34-30(3,4)5/h6-15,23-24,28H,1-5H3,(H,32,33). The van der Waals surface area contributed by atoms with Gasteiger partial charge in [0.15, 0.2) is 6.10 Å². The first-order valence-electron chi connectivity index (χ1n) is 12.0. The van der Waals surface area contributed by atoms with Gasteiger partial charge in [0.1, 0.15) is 0 Å². The summed E-state index contributed by atoms with van der Waals surface area (Å²) in [4.78, 5) is 17.4. The van der Waals surface area contributed by atoms with Crippen LogP contribution in [-0.2, 0) is 9.53 Å². The topological polar surface area (TPSA) is 59.4 Å². The fraction of sp³-hybridized carbons (Fsp3) is 0.333. The molecule has 0 saturated heterocycles. The van der Waals surface area contributed by atoms with Crippen LogP contribution in [0.4, 0.5) is 0 Å². The SMILES string of the molecule is Cc1nc2ccccc2c(-c2ccc3c4c(cccc24)C2C(C)C32)c1C(OC(C)(C)C)C(=O)O. The Hall–Kier alpha value is -3.24. The van der Waals surface area contributed by atoms with Gasteiger partial charge in [-0.2, -0.15) is 0 Å². The molecule has 0 radical (unpaired) electrons. The van der Waals surface area contributed by atoms with Gasteiger partial charge in [-0.15, -0.1) is 0 Å². The fourth-order valence-corrected chi connectivity index (χ4v) is 6.20. The monoisotopic (exact) mass is 451 g/mol. The van der Waals surface area contributed by atoms with E-state index in [1.807, 2.05) is 52.0 Å². The lowest BCUT2D eigenvalue weighted by atomic mass is 9.86. The largest absolute Gasteiger partial charge is 0.479 e. The molecule has 6 rings (SSSR count). The Balaban J connectivity index is 1.70. The molecular weight excluding hydrogens is 422 g/mol. The number of hydrogen-bond acceptors (Lipinski definition) is 3. The summed E-state index contributed by atoms with van der Waals surface area (Å²) in [5.41, 5.74) is 6.39. The zero-order valence-corrected chi connectivity index (χ0v) is 20.2. The average Bonchev–Trinajstić information content (AvgIpc) is 3.31. The molecule has 1 N–H and O–H groups in total. The maximum absolute atomic E-state index is 12.6. The van der Waals surface area contributed by atoms with E-state index in [2.05, 4.69) is 37.3 Å². The van der Waals surface area contributed by atoms with Crippen LogP contribution in [0.2, 0.25) is 0 Å². The molecule has 1 heterocycles. The van der Waals surface area contributed by atoms with Gasteiger partial charge in [-0.05, 0) is 84.5 Å². The third-order valence-electron chi connectivity index (χ3n) is 7.55. The average molecular weight is 452 g/mol. The van der Waals surface area contributed by atoms with Crippen LogP contribution in [-0.4, -0.2) is 21.7 Å². The molecule has 4 atom stereocenters. The quantitative estimate of drug-likeness (QED) is 0.358. The Morgan fingerprint density at radius 3 is 2.35 bits per heavy atom. The minimum absolute atomic E-state index is 0.611. The summed E-state index contributed by atoms with van der Waals surface area (Å²) in [5, 5.41) is 13.8. The van der Waals surface area contributed by atoms with E-state index < -0.39 is 17.7 Å². The number of carbonyl (C=O) groups is 1. The number of benzene rings is 3. The van der Waals surface area contributed by atoms with Crippen LogP contribution in [0.3, 0.4) is 0 Å². The molecule has 34 heavy (non-hydrogen) atoms. The molecule has 1 aromatic heterocycles. The second-order valence-electron chi connectivity index (χ2n) is 10.8. The second kappa shape index (κ2) is 7.13. The molecule has 172 valence electrons. The van der Waals surface area contributed by atoms with E-state index in [1.54, 1.807) is 0 Å². The summed E-state index contributed by atoms with van der Waals surface area (Å²) in [7, 11) is 0. The highest BCUT2D eigenvalue weighted by Gasteiger charge is 2.54. The number of fused-ring (bicyclic) bond motifs is 4. The Kier molecular flexibility index (Phi) is 4.47. The molecule has 0 amide bonds. The van der Waals surface area contributed by atoms with E-state index in [0.717, 1.165) is 22.0 Å². The van der Waals surface area contributed by atoms with Crippen molar-refractivity contribution in [3.05, 3.63) is 77.0 Å². The van der Waals surface area contributed by atoms with Crippen molar-refractivity contribution in [2.75, 3.05) is 0 Å². The van der Waals surface area contributed by atoms with Gasteiger partial charge < -0.3 is 9.84 Å². The third-order valence-corrected chi connectivity index (χ3v) is 7.55. The van der Waals surface area contributed by atoms with Crippen molar-refractivity contribution < 1.29 is 14.6 Å². The predicted molar refractivity (Wildman–Crippen MR) is 135 cm³/mol. The predicted octanol–water partition coefficient (Wildman–Crippen LogP) is 7.13. The van der Waals surface area contributed by atoms with Crippen LogP contribution in [0.25, 0.3) is 32.8 Å². The maximum Gasteiger partial charge on any atom is 0.337 e. The van der Waals surface area contributed by atoms with E-state index in [4.69, 9.17) is 9.72 Å². The molecule has 2 aliphatic rings. The summed E-state index contributed by atoms with van der Waals surface area (Å²) in [5.74, 6) is 0.915. The summed E-state index contributed by atoms with van der Waals surface area (Å²) in [6.07, 6.45) is -1.12. The van der Waals surface area contributed by atoms with Crippen molar-refractivity contribution in [1.82, 2.24) is 4.98 Å². The molecule has 0 bridgehead atoms. The van der Waals surface area contributed by atoms with Gasteiger partial charge in [0.25, 0.3) is 0 Å². The van der Waals surface area contributed by atoms with Gasteiger partial charge in [0.05, 0.1) is 11.1 Å². The molecule has 2 aliphatic carbocycles. The van der Waals surface area contributed by atoms with Gasteiger partial charge in [0.2, 0.25) is 0 Å². The molecule has 1 saturated carbocycles.